The Bertz CT molecular complexity index is 476. The van der Waals surface area contributed by atoms with Crippen molar-refractivity contribution in [3.63, 3.8) is 0 Å². The number of nitrogens with one attached hydrogen (secondary N) is 1. The lowest BCUT2D eigenvalue weighted by molar-refractivity contribution is 1.33. The predicted octanol–water partition coefficient (Wildman–Crippen LogP) is 3.16. The van der Waals surface area contributed by atoms with Gasteiger partial charge in [0.15, 0.2) is 0 Å². The average molecular weight is 225 g/mol. The Balaban J connectivity index is 2.61. The lowest BCUT2D eigenvalue weighted by Gasteiger charge is -1.93. The molecule has 0 radical (unpaired) electrons. The normalized spacial score (nSPS) is 11.6. The van der Waals surface area contributed by atoms with Gasteiger partial charge in [0.05, 0.1) is 5.02 Å². The van der Waals surface area contributed by atoms with Gasteiger partial charge in [0.2, 0.25) is 0 Å². The number of H-pyrrole nitrogens is 1. The smallest absolute Gasteiger partial charge is 0.139 e. The molecule has 0 aliphatic heterocycles. The summed E-state index contributed by atoms with van der Waals surface area (Å²) in [7, 11) is 0. The van der Waals surface area contributed by atoms with Gasteiger partial charge in [-0.25, -0.2) is 4.98 Å². The van der Waals surface area contributed by atoms with Crippen LogP contribution in [0.5, 0.6) is 0 Å². The van der Waals surface area contributed by atoms with Crippen LogP contribution in [0.2, 0.25) is 5.02 Å². The van der Waals surface area contributed by atoms with Crippen LogP contribution < -0.4 is 0 Å². The Hall–Kier alpha value is -0.930. The van der Waals surface area contributed by atoms with E-state index in [4.69, 9.17) is 11.6 Å². The summed E-state index contributed by atoms with van der Waals surface area (Å²) < 4.78 is 0. The molecule has 0 saturated carbocycles. The van der Waals surface area contributed by atoms with Gasteiger partial charge in [-0.3, -0.25) is 0 Å². The number of hydrogen-bond acceptors (Lipinski definition) is 2. The molecule has 2 nitrogen and oxygen atoms in total. The van der Waals surface area contributed by atoms with Crippen molar-refractivity contribution < 1.29 is 0 Å². The summed E-state index contributed by atoms with van der Waals surface area (Å²) in [6, 6.07) is 1.79. The summed E-state index contributed by atoms with van der Waals surface area (Å²) >= 11 is 10.2. The van der Waals surface area contributed by atoms with Crippen molar-refractivity contribution >= 4 is 41.3 Å². The van der Waals surface area contributed by atoms with Gasteiger partial charge in [0.1, 0.15) is 5.65 Å². The Labute approximate surface area is 92.4 Å². The van der Waals surface area contributed by atoms with Gasteiger partial charge in [-0.2, -0.15) is 12.6 Å². The highest BCUT2D eigenvalue weighted by molar-refractivity contribution is 7.80. The molecular weight excluding hydrogens is 216 g/mol. The summed E-state index contributed by atoms with van der Waals surface area (Å²) in [5.74, 6) is 0.713. The van der Waals surface area contributed by atoms with Gasteiger partial charge in [-0.05, 0) is 6.07 Å². The summed E-state index contributed by atoms with van der Waals surface area (Å²) in [6.45, 7) is 0. The fourth-order valence-electron chi connectivity index (χ4n) is 1.35. The van der Waals surface area contributed by atoms with Crippen LogP contribution >= 0.6 is 24.2 Å². The molecule has 0 amide bonds. The molecule has 2 rings (SSSR count). The molecule has 0 atom stereocenters. The molecule has 0 aliphatic carbocycles. The maximum Gasteiger partial charge on any atom is 0.139 e. The third-order valence-corrected chi connectivity index (χ3v) is 2.48. The quantitative estimate of drug-likeness (QED) is 0.754. The first-order valence-corrected chi connectivity index (χ1v) is 5.23. The predicted molar refractivity (Wildman–Crippen MR) is 64.0 cm³/mol. The second-order valence-electron chi connectivity index (χ2n) is 2.85. The SMILES string of the molecule is SCC=Cc1c[nH]c2nccc(Cl)c12. The molecule has 4 heteroatoms. The van der Waals surface area contributed by atoms with Crippen LogP contribution in [0.25, 0.3) is 17.1 Å². The Morgan fingerprint density at radius 3 is 3.21 bits per heavy atom. The molecular formula is C10H9ClN2S. The van der Waals surface area contributed by atoms with Crippen molar-refractivity contribution in [1.29, 1.82) is 0 Å². The number of pyridine rings is 1. The zero-order valence-electron chi connectivity index (χ0n) is 7.37. The highest BCUT2D eigenvalue weighted by atomic mass is 35.5. The van der Waals surface area contributed by atoms with Crippen molar-refractivity contribution in [2.45, 2.75) is 0 Å². The van der Waals surface area contributed by atoms with E-state index in [0.717, 1.165) is 21.6 Å². The maximum absolute atomic E-state index is 6.07. The van der Waals surface area contributed by atoms with Crippen LogP contribution in [-0.4, -0.2) is 15.7 Å². The van der Waals surface area contributed by atoms with E-state index in [1.165, 1.54) is 0 Å². The monoisotopic (exact) mass is 224 g/mol. The molecule has 2 heterocycles. The number of rotatable bonds is 2. The number of aromatic amines is 1. The van der Waals surface area contributed by atoms with Crippen molar-refractivity contribution in [3.05, 3.63) is 35.1 Å². The number of hydrogen-bond donors (Lipinski definition) is 2. The van der Waals surface area contributed by atoms with Crippen molar-refractivity contribution in [2.24, 2.45) is 0 Å². The van der Waals surface area contributed by atoms with Crippen LogP contribution in [0.15, 0.2) is 24.5 Å². The van der Waals surface area contributed by atoms with Crippen LogP contribution in [0.1, 0.15) is 5.56 Å². The molecule has 14 heavy (non-hydrogen) atoms. The zero-order valence-corrected chi connectivity index (χ0v) is 9.02. The van der Waals surface area contributed by atoms with Gasteiger partial charge in [-0.1, -0.05) is 23.8 Å². The third kappa shape index (κ3) is 1.65. The van der Waals surface area contributed by atoms with Gasteiger partial charge in [-0.15, -0.1) is 0 Å². The minimum Gasteiger partial charge on any atom is -0.345 e. The molecule has 1 N–H and O–H groups in total. The topological polar surface area (TPSA) is 28.7 Å². The Kier molecular flexibility index (Phi) is 2.79. The summed E-state index contributed by atoms with van der Waals surface area (Å²) in [6.07, 6.45) is 7.53. The summed E-state index contributed by atoms with van der Waals surface area (Å²) in [5, 5.41) is 1.68. The Morgan fingerprint density at radius 1 is 1.57 bits per heavy atom. The van der Waals surface area contributed by atoms with Crippen molar-refractivity contribution in [1.82, 2.24) is 9.97 Å². The zero-order chi connectivity index (χ0) is 9.97. The van der Waals surface area contributed by atoms with E-state index in [-0.39, 0.29) is 0 Å². The van der Waals surface area contributed by atoms with E-state index in [2.05, 4.69) is 22.6 Å². The van der Waals surface area contributed by atoms with Crippen LogP contribution in [0, 0.1) is 0 Å². The molecule has 72 valence electrons. The fraction of sp³-hybridized carbons (Fsp3) is 0.100. The van der Waals surface area contributed by atoms with Gasteiger partial charge in [0.25, 0.3) is 0 Å². The van der Waals surface area contributed by atoms with Crippen LogP contribution in [-0.2, 0) is 0 Å². The molecule has 0 unspecified atom stereocenters. The maximum atomic E-state index is 6.07. The molecule has 2 aromatic rings. The molecule has 0 saturated heterocycles. The van der Waals surface area contributed by atoms with E-state index in [1.807, 2.05) is 18.3 Å². The van der Waals surface area contributed by atoms with E-state index < -0.39 is 0 Å². The van der Waals surface area contributed by atoms with Crippen LogP contribution in [0.3, 0.4) is 0 Å². The molecule has 2 aromatic heterocycles. The lowest BCUT2D eigenvalue weighted by atomic mass is 10.2. The molecule has 0 aromatic carbocycles. The first-order chi connectivity index (χ1) is 6.83. The number of aromatic nitrogens is 2. The molecule has 0 aliphatic rings. The lowest BCUT2D eigenvalue weighted by Crippen LogP contribution is -1.76. The van der Waals surface area contributed by atoms with E-state index >= 15 is 0 Å². The molecule has 0 fully saturated rings. The third-order valence-electron chi connectivity index (χ3n) is 1.96. The van der Waals surface area contributed by atoms with Crippen molar-refractivity contribution in [3.8, 4) is 0 Å². The summed E-state index contributed by atoms with van der Waals surface area (Å²) in [5.41, 5.74) is 1.86. The number of nitrogens with zero attached hydrogens (tertiary/aromatic N) is 1. The number of halogens is 1. The van der Waals surface area contributed by atoms with Crippen LogP contribution in [0.4, 0.5) is 0 Å². The van der Waals surface area contributed by atoms with E-state index in [0.29, 0.717) is 5.75 Å². The number of thiol groups is 1. The van der Waals surface area contributed by atoms with Gasteiger partial charge in [0, 0.05) is 29.1 Å². The Morgan fingerprint density at radius 2 is 2.43 bits per heavy atom. The largest absolute Gasteiger partial charge is 0.345 e. The fourth-order valence-corrected chi connectivity index (χ4v) is 1.71. The van der Waals surface area contributed by atoms with Gasteiger partial charge >= 0.3 is 0 Å². The van der Waals surface area contributed by atoms with Crippen molar-refractivity contribution in [2.75, 3.05) is 5.75 Å². The second kappa shape index (κ2) is 4.07. The highest BCUT2D eigenvalue weighted by Crippen LogP contribution is 2.25. The van der Waals surface area contributed by atoms with Gasteiger partial charge < -0.3 is 4.98 Å². The molecule has 0 spiro atoms. The van der Waals surface area contributed by atoms with E-state index in [1.54, 1.807) is 12.3 Å². The first kappa shape index (κ1) is 9.62. The second-order valence-corrected chi connectivity index (χ2v) is 3.62. The molecule has 0 bridgehead atoms. The number of fused-ring (bicyclic) bond motifs is 1. The van der Waals surface area contributed by atoms with E-state index in [9.17, 15) is 0 Å². The minimum atomic E-state index is 0.713. The highest BCUT2D eigenvalue weighted by Gasteiger charge is 2.04. The average Bonchev–Trinajstić information content (AvgIpc) is 2.59. The standard InChI is InChI=1S/C10H9ClN2S/c11-8-3-4-12-10-9(8)7(6-13-10)2-1-5-14/h1-4,6,14H,5H2,(H,12,13). The summed E-state index contributed by atoms with van der Waals surface area (Å²) in [4.78, 5) is 7.24. The first-order valence-electron chi connectivity index (χ1n) is 4.22. The minimum absolute atomic E-state index is 0.713.